The van der Waals surface area contributed by atoms with Gasteiger partial charge in [0.15, 0.2) is 0 Å². The number of hydrogen-bond donors (Lipinski definition) is 1. The number of nitrogens with zero attached hydrogens (tertiary/aromatic N) is 2. The first kappa shape index (κ1) is 15.1. The van der Waals surface area contributed by atoms with Crippen LogP contribution in [0.4, 0.5) is 0 Å². The summed E-state index contributed by atoms with van der Waals surface area (Å²) in [5.74, 6) is -0.0883. The Kier molecular flexibility index (Phi) is 6.29. The smallest absolute Gasteiger partial charge is 0.254 e. The van der Waals surface area contributed by atoms with Gasteiger partial charge < -0.3 is 10.2 Å². The van der Waals surface area contributed by atoms with Crippen molar-refractivity contribution in [3.63, 3.8) is 0 Å². The van der Waals surface area contributed by atoms with Gasteiger partial charge in [-0.2, -0.15) is 0 Å². The second kappa shape index (κ2) is 7.48. The average Bonchev–Trinajstić information content (AvgIpc) is 2.36. The number of nitrogens with one attached hydrogen (secondary N) is 1. The molecule has 1 atom stereocenters. The summed E-state index contributed by atoms with van der Waals surface area (Å²) in [4.78, 5) is 18.4. The maximum absolute atomic E-state index is 12.0. The molecule has 1 aromatic heterocycles. The number of aromatic nitrogens is 1. The van der Waals surface area contributed by atoms with Gasteiger partial charge in [-0.3, -0.25) is 4.79 Å². The molecular formula is C13H20BrN3O. The summed E-state index contributed by atoms with van der Waals surface area (Å²) in [5.41, 5.74) is 0.573. The van der Waals surface area contributed by atoms with Crippen LogP contribution in [0, 0.1) is 0 Å². The van der Waals surface area contributed by atoms with Gasteiger partial charge in [-0.15, -0.1) is 0 Å². The number of likely N-dealkylation sites (N-methyl/N-ethyl adjacent to an activating group) is 1. The van der Waals surface area contributed by atoms with Gasteiger partial charge in [-0.05, 0) is 48.1 Å². The molecule has 1 rings (SSSR count). The fourth-order valence-electron chi connectivity index (χ4n) is 1.77. The summed E-state index contributed by atoms with van der Waals surface area (Å²) in [5, 5.41) is 2.99. The monoisotopic (exact) mass is 313 g/mol. The van der Waals surface area contributed by atoms with E-state index in [1.54, 1.807) is 18.3 Å². The van der Waals surface area contributed by atoms with Crippen LogP contribution in [0.1, 0.15) is 31.1 Å². The van der Waals surface area contributed by atoms with Gasteiger partial charge in [-0.1, -0.05) is 13.8 Å². The molecule has 1 aromatic rings. The molecule has 0 radical (unpaired) electrons. The summed E-state index contributed by atoms with van der Waals surface area (Å²) in [6, 6.07) is 3.63. The average molecular weight is 314 g/mol. The molecule has 0 fully saturated rings. The first-order valence-corrected chi connectivity index (χ1v) is 7.01. The standard InChI is InChI=1S/C13H20BrN3O/c1-4-17(5-2)9-10(3)16-13(18)11-7-6-8-15-12(11)14/h6-8,10H,4-5,9H2,1-3H3,(H,16,18). The number of carbonyl (C=O) groups excluding carboxylic acids is 1. The van der Waals surface area contributed by atoms with Crippen molar-refractivity contribution in [3.8, 4) is 0 Å². The molecule has 5 heteroatoms. The molecule has 1 N–H and O–H groups in total. The number of pyridine rings is 1. The molecule has 0 aliphatic carbocycles. The first-order chi connectivity index (χ1) is 8.58. The van der Waals surface area contributed by atoms with Gasteiger partial charge in [-0.25, -0.2) is 4.98 Å². The van der Waals surface area contributed by atoms with E-state index in [1.165, 1.54) is 0 Å². The van der Waals surface area contributed by atoms with E-state index in [0.717, 1.165) is 19.6 Å². The van der Waals surface area contributed by atoms with Crippen LogP contribution in [-0.4, -0.2) is 41.5 Å². The van der Waals surface area contributed by atoms with Crippen molar-refractivity contribution in [1.82, 2.24) is 15.2 Å². The van der Waals surface area contributed by atoms with Crippen molar-refractivity contribution >= 4 is 21.8 Å². The fourth-order valence-corrected chi connectivity index (χ4v) is 2.20. The molecule has 0 saturated carbocycles. The SMILES string of the molecule is CCN(CC)CC(C)NC(=O)c1cccnc1Br. The van der Waals surface area contributed by atoms with Gasteiger partial charge in [0.1, 0.15) is 4.60 Å². The van der Waals surface area contributed by atoms with Crippen LogP contribution in [0.5, 0.6) is 0 Å². The molecule has 4 nitrogen and oxygen atoms in total. The predicted octanol–water partition coefficient (Wildman–Crippen LogP) is 2.30. The highest BCUT2D eigenvalue weighted by atomic mass is 79.9. The molecule has 0 aliphatic heterocycles. The molecule has 0 spiro atoms. The Labute approximate surface area is 117 Å². The minimum Gasteiger partial charge on any atom is -0.348 e. The third-order valence-electron chi connectivity index (χ3n) is 2.81. The van der Waals surface area contributed by atoms with Crippen molar-refractivity contribution in [2.24, 2.45) is 0 Å². The van der Waals surface area contributed by atoms with Crippen molar-refractivity contribution in [3.05, 3.63) is 28.5 Å². The molecule has 1 amide bonds. The summed E-state index contributed by atoms with van der Waals surface area (Å²) in [6.45, 7) is 9.10. The van der Waals surface area contributed by atoms with Crippen molar-refractivity contribution < 1.29 is 4.79 Å². The third-order valence-corrected chi connectivity index (χ3v) is 3.44. The predicted molar refractivity (Wildman–Crippen MR) is 76.7 cm³/mol. The second-order valence-corrected chi connectivity index (χ2v) is 4.95. The van der Waals surface area contributed by atoms with Crippen LogP contribution in [0.3, 0.4) is 0 Å². The quantitative estimate of drug-likeness (QED) is 0.820. The molecule has 1 heterocycles. The van der Waals surface area contributed by atoms with E-state index in [1.807, 2.05) is 6.92 Å². The van der Waals surface area contributed by atoms with E-state index in [4.69, 9.17) is 0 Å². The topological polar surface area (TPSA) is 45.2 Å². The van der Waals surface area contributed by atoms with E-state index in [-0.39, 0.29) is 11.9 Å². The van der Waals surface area contributed by atoms with E-state index >= 15 is 0 Å². The Bertz CT molecular complexity index is 394. The van der Waals surface area contributed by atoms with Crippen LogP contribution in [-0.2, 0) is 0 Å². The first-order valence-electron chi connectivity index (χ1n) is 6.22. The van der Waals surface area contributed by atoms with E-state index < -0.39 is 0 Å². The highest BCUT2D eigenvalue weighted by molar-refractivity contribution is 9.10. The Balaban J connectivity index is 2.57. The fraction of sp³-hybridized carbons (Fsp3) is 0.538. The highest BCUT2D eigenvalue weighted by Crippen LogP contribution is 2.12. The van der Waals surface area contributed by atoms with E-state index in [0.29, 0.717) is 10.2 Å². The zero-order valence-corrected chi connectivity index (χ0v) is 12.7. The zero-order chi connectivity index (χ0) is 13.5. The van der Waals surface area contributed by atoms with Gasteiger partial charge in [0.25, 0.3) is 5.91 Å². The van der Waals surface area contributed by atoms with Crippen molar-refractivity contribution in [1.29, 1.82) is 0 Å². The summed E-state index contributed by atoms with van der Waals surface area (Å²) in [7, 11) is 0. The molecule has 1 unspecified atom stereocenters. The number of halogens is 1. The lowest BCUT2D eigenvalue weighted by molar-refractivity contribution is 0.0929. The number of carbonyl (C=O) groups is 1. The zero-order valence-electron chi connectivity index (χ0n) is 11.1. The van der Waals surface area contributed by atoms with Gasteiger partial charge in [0.2, 0.25) is 0 Å². The summed E-state index contributed by atoms with van der Waals surface area (Å²) in [6.07, 6.45) is 1.65. The number of rotatable bonds is 6. The highest BCUT2D eigenvalue weighted by Gasteiger charge is 2.14. The van der Waals surface area contributed by atoms with Crippen LogP contribution < -0.4 is 5.32 Å². The molecule has 0 aromatic carbocycles. The van der Waals surface area contributed by atoms with Crippen LogP contribution in [0.2, 0.25) is 0 Å². The maximum Gasteiger partial charge on any atom is 0.254 e. The Morgan fingerprint density at radius 3 is 2.72 bits per heavy atom. The van der Waals surface area contributed by atoms with Gasteiger partial charge in [0.05, 0.1) is 5.56 Å². The second-order valence-electron chi connectivity index (χ2n) is 4.20. The molecule has 18 heavy (non-hydrogen) atoms. The molecule has 0 aliphatic rings. The minimum atomic E-state index is -0.0883. The molecule has 100 valence electrons. The lowest BCUT2D eigenvalue weighted by Crippen LogP contribution is -2.42. The number of amides is 1. The summed E-state index contributed by atoms with van der Waals surface area (Å²) < 4.78 is 0.581. The lowest BCUT2D eigenvalue weighted by Gasteiger charge is -2.23. The largest absolute Gasteiger partial charge is 0.348 e. The van der Waals surface area contributed by atoms with Crippen molar-refractivity contribution in [2.75, 3.05) is 19.6 Å². The van der Waals surface area contributed by atoms with Crippen LogP contribution in [0.15, 0.2) is 22.9 Å². The van der Waals surface area contributed by atoms with Crippen LogP contribution in [0.25, 0.3) is 0 Å². The molecular weight excluding hydrogens is 294 g/mol. The van der Waals surface area contributed by atoms with Crippen LogP contribution >= 0.6 is 15.9 Å². The van der Waals surface area contributed by atoms with Gasteiger partial charge >= 0.3 is 0 Å². The van der Waals surface area contributed by atoms with E-state index in [2.05, 4.69) is 45.0 Å². The Hall–Kier alpha value is -0.940. The van der Waals surface area contributed by atoms with Crippen molar-refractivity contribution in [2.45, 2.75) is 26.8 Å². The Morgan fingerprint density at radius 1 is 1.50 bits per heavy atom. The lowest BCUT2D eigenvalue weighted by atomic mass is 10.2. The normalized spacial score (nSPS) is 12.5. The van der Waals surface area contributed by atoms with E-state index in [9.17, 15) is 4.79 Å². The molecule has 0 saturated heterocycles. The third kappa shape index (κ3) is 4.38. The summed E-state index contributed by atoms with van der Waals surface area (Å²) >= 11 is 3.28. The Morgan fingerprint density at radius 2 is 2.17 bits per heavy atom. The van der Waals surface area contributed by atoms with Gasteiger partial charge in [0, 0.05) is 18.8 Å². The number of hydrogen-bond acceptors (Lipinski definition) is 3. The maximum atomic E-state index is 12.0. The minimum absolute atomic E-state index is 0.0883. The molecule has 0 bridgehead atoms.